The summed E-state index contributed by atoms with van der Waals surface area (Å²) in [4.78, 5) is 29.6. The number of pyridine rings is 1. The molecule has 0 bridgehead atoms. The second-order valence-corrected chi connectivity index (χ2v) is 6.37. The van der Waals surface area contributed by atoms with Crippen LogP contribution in [0.3, 0.4) is 0 Å². The average Bonchev–Trinajstić information content (AvgIpc) is 2.85. The first-order valence-electron chi connectivity index (χ1n) is 6.51. The minimum absolute atomic E-state index is 0.0179. The first kappa shape index (κ1) is 15.0. The van der Waals surface area contributed by atoms with E-state index in [1.165, 1.54) is 0 Å². The molecule has 1 aliphatic heterocycles. The van der Waals surface area contributed by atoms with Gasteiger partial charge in [-0.25, -0.2) is 4.98 Å². The van der Waals surface area contributed by atoms with Crippen molar-refractivity contribution >= 4 is 27.8 Å². The predicted molar refractivity (Wildman–Crippen MR) is 77.4 cm³/mol. The van der Waals surface area contributed by atoms with Crippen LogP contribution in [0.5, 0.6) is 0 Å². The number of hydrogen-bond acceptors (Lipinski definition) is 3. The Morgan fingerprint density at radius 2 is 2.15 bits per heavy atom. The van der Waals surface area contributed by atoms with Crippen LogP contribution in [0.15, 0.2) is 22.8 Å². The number of carboxylic acid groups (broad SMARTS) is 1. The molecular weight excluding hydrogens is 324 g/mol. The van der Waals surface area contributed by atoms with Crippen LogP contribution in [0.1, 0.15) is 30.8 Å². The Morgan fingerprint density at radius 3 is 2.60 bits per heavy atom. The second-order valence-electron chi connectivity index (χ2n) is 5.45. The largest absolute Gasteiger partial charge is 0.481 e. The highest BCUT2D eigenvalue weighted by Crippen LogP contribution is 2.38. The average molecular weight is 341 g/mol. The maximum Gasteiger partial charge on any atom is 0.311 e. The Kier molecular flexibility index (Phi) is 4.13. The van der Waals surface area contributed by atoms with Gasteiger partial charge in [-0.15, -0.1) is 0 Å². The van der Waals surface area contributed by atoms with E-state index in [4.69, 9.17) is 0 Å². The standard InChI is InChI=1S/C14H17BrN2O3/c1-9(2)14(13(19)20)5-6-17(8-14)12(18)11-4-3-10(15)7-16-11/h3-4,7,9H,5-6,8H2,1-2H3,(H,19,20). The van der Waals surface area contributed by atoms with Crippen LogP contribution < -0.4 is 0 Å². The van der Waals surface area contributed by atoms with E-state index in [0.29, 0.717) is 18.7 Å². The van der Waals surface area contributed by atoms with E-state index < -0.39 is 11.4 Å². The molecule has 5 nitrogen and oxygen atoms in total. The van der Waals surface area contributed by atoms with Crippen molar-refractivity contribution in [2.75, 3.05) is 13.1 Å². The molecule has 1 N–H and O–H groups in total. The number of hydrogen-bond donors (Lipinski definition) is 1. The molecule has 0 aromatic carbocycles. The van der Waals surface area contributed by atoms with Crippen LogP contribution in [-0.2, 0) is 4.79 Å². The summed E-state index contributed by atoms with van der Waals surface area (Å²) < 4.78 is 0.803. The lowest BCUT2D eigenvalue weighted by Gasteiger charge is -2.28. The number of aliphatic carboxylic acids is 1. The third-order valence-corrected chi connectivity index (χ3v) is 4.53. The van der Waals surface area contributed by atoms with Gasteiger partial charge in [0.2, 0.25) is 0 Å². The fraction of sp³-hybridized carbons (Fsp3) is 0.500. The highest BCUT2D eigenvalue weighted by molar-refractivity contribution is 9.10. The SMILES string of the molecule is CC(C)C1(C(=O)O)CCN(C(=O)c2ccc(Br)cn2)C1. The molecule has 0 saturated carbocycles. The summed E-state index contributed by atoms with van der Waals surface area (Å²) in [5.74, 6) is -1.05. The van der Waals surface area contributed by atoms with Gasteiger partial charge < -0.3 is 10.0 Å². The highest BCUT2D eigenvalue weighted by Gasteiger charge is 2.48. The molecule has 1 unspecified atom stereocenters. The van der Waals surface area contributed by atoms with E-state index in [9.17, 15) is 14.7 Å². The summed E-state index contributed by atoms with van der Waals surface area (Å²) in [5.41, 5.74) is -0.497. The van der Waals surface area contributed by atoms with E-state index in [1.807, 2.05) is 13.8 Å². The summed E-state index contributed by atoms with van der Waals surface area (Å²) in [6.07, 6.45) is 2.05. The van der Waals surface area contributed by atoms with Crippen molar-refractivity contribution in [1.82, 2.24) is 9.88 Å². The number of carbonyl (C=O) groups excluding carboxylic acids is 1. The van der Waals surface area contributed by atoms with Crippen molar-refractivity contribution in [3.8, 4) is 0 Å². The summed E-state index contributed by atoms with van der Waals surface area (Å²) in [5, 5.41) is 9.48. The molecule has 1 aromatic rings. The first-order valence-corrected chi connectivity index (χ1v) is 7.30. The molecule has 2 heterocycles. The quantitative estimate of drug-likeness (QED) is 0.917. The molecule has 108 valence electrons. The molecule has 1 aliphatic rings. The lowest BCUT2D eigenvalue weighted by Crippen LogP contribution is -2.40. The van der Waals surface area contributed by atoms with Crippen LogP contribution in [0.25, 0.3) is 0 Å². The van der Waals surface area contributed by atoms with Crippen molar-refractivity contribution in [2.45, 2.75) is 20.3 Å². The molecule has 0 radical (unpaired) electrons. The Labute approximate surface area is 126 Å². The van der Waals surface area contributed by atoms with Crippen LogP contribution in [0, 0.1) is 11.3 Å². The lowest BCUT2D eigenvalue weighted by atomic mass is 9.76. The van der Waals surface area contributed by atoms with E-state index in [1.54, 1.807) is 23.2 Å². The van der Waals surface area contributed by atoms with Gasteiger partial charge in [0.1, 0.15) is 5.69 Å². The van der Waals surface area contributed by atoms with Gasteiger partial charge in [0.15, 0.2) is 0 Å². The topological polar surface area (TPSA) is 70.5 Å². The third-order valence-electron chi connectivity index (χ3n) is 4.07. The van der Waals surface area contributed by atoms with Gasteiger partial charge in [-0.05, 0) is 40.4 Å². The van der Waals surface area contributed by atoms with Gasteiger partial charge in [-0.2, -0.15) is 0 Å². The number of halogens is 1. The normalized spacial score (nSPS) is 22.3. The molecule has 6 heteroatoms. The van der Waals surface area contributed by atoms with Crippen LogP contribution in [-0.4, -0.2) is 40.0 Å². The summed E-state index contributed by atoms with van der Waals surface area (Å²) >= 11 is 3.27. The number of carboxylic acids is 1. The van der Waals surface area contributed by atoms with Crippen molar-refractivity contribution in [3.05, 3.63) is 28.5 Å². The zero-order chi connectivity index (χ0) is 14.9. The molecule has 1 saturated heterocycles. The van der Waals surface area contributed by atoms with Crippen molar-refractivity contribution in [2.24, 2.45) is 11.3 Å². The predicted octanol–water partition coefficient (Wildman–Crippen LogP) is 2.42. The minimum atomic E-state index is -0.842. The van der Waals surface area contributed by atoms with Crippen molar-refractivity contribution < 1.29 is 14.7 Å². The van der Waals surface area contributed by atoms with Gasteiger partial charge >= 0.3 is 5.97 Å². The molecule has 1 fully saturated rings. The number of aromatic nitrogens is 1. The smallest absolute Gasteiger partial charge is 0.311 e. The number of amides is 1. The number of likely N-dealkylation sites (tertiary alicyclic amines) is 1. The van der Waals surface area contributed by atoms with Crippen molar-refractivity contribution in [1.29, 1.82) is 0 Å². The molecule has 0 spiro atoms. The van der Waals surface area contributed by atoms with Gasteiger partial charge in [-0.1, -0.05) is 13.8 Å². The molecular formula is C14H17BrN2O3. The number of nitrogens with zero attached hydrogens (tertiary/aromatic N) is 2. The van der Waals surface area contributed by atoms with Crippen LogP contribution in [0.4, 0.5) is 0 Å². The molecule has 20 heavy (non-hydrogen) atoms. The maximum atomic E-state index is 12.3. The van der Waals surface area contributed by atoms with E-state index in [0.717, 1.165) is 4.47 Å². The van der Waals surface area contributed by atoms with E-state index in [-0.39, 0.29) is 18.4 Å². The Bertz CT molecular complexity index is 530. The summed E-state index contributed by atoms with van der Waals surface area (Å²) in [6.45, 7) is 4.48. The van der Waals surface area contributed by atoms with Gasteiger partial charge in [-0.3, -0.25) is 9.59 Å². The Balaban J connectivity index is 2.18. The van der Waals surface area contributed by atoms with E-state index in [2.05, 4.69) is 20.9 Å². The molecule has 1 aromatic heterocycles. The third kappa shape index (κ3) is 2.57. The Morgan fingerprint density at radius 1 is 1.45 bits per heavy atom. The molecule has 0 aliphatic carbocycles. The molecule has 1 amide bonds. The van der Waals surface area contributed by atoms with Crippen LogP contribution in [0.2, 0.25) is 0 Å². The molecule has 2 rings (SSSR count). The van der Waals surface area contributed by atoms with Crippen LogP contribution >= 0.6 is 15.9 Å². The Hall–Kier alpha value is -1.43. The maximum absolute atomic E-state index is 12.3. The van der Waals surface area contributed by atoms with Crippen molar-refractivity contribution in [3.63, 3.8) is 0 Å². The highest BCUT2D eigenvalue weighted by atomic mass is 79.9. The van der Waals surface area contributed by atoms with Gasteiger partial charge in [0.05, 0.1) is 5.41 Å². The van der Waals surface area contributed by atoms with E-state index >= 15 is 0 Å². The van der Waals surface area contributed by atoms with Gasteiger partial charge in [0, 0.05) is 23.8 Å². The zero-order valence-electron chi connectivity index (χ0n) is 11.5. The molecule has 1 atom stereocenters. The second kappa shape index (κ2) is 5.52. The number of carbonyl (C=O) groups is 2. The fourth-order valence-electron chi connectivity index (χ4n) is 2.56. The van der Waals surface area contributed by atoms with Gasteiger partial charge in [0.25, 0.3) is 5.91 Å². The monoisotopic (exact) mass is 340 g/mol. The minimum Gasteiger partial charge on any atom is -0.481 e. The summed E-state index contributed by atoms with van der Waals surface area (Å²) in [6, 6.07) is 3.39. The lowest BCUT2D eigenvalue weighted by molar-refractivity contribution is -0.150. The fourth-order valence-corrected chi connectivity index (χ4v) is 2.80. The summed E-state index contributed by atoms with van der Waals surface area (Å²) in [7, 11) is 0. The zero-order valence-corrected chi connectivity index (χ0v) is 13.1. The number of rotatable bonds is 3. The first-order chi connectivity index (χ1) is 9.36.